The van der Waals surface area contributed by atoms with Crippen molar-refractivity contribution in [3.8, 4) is 16.9 Å². The summed E-state index contributed by atoms with van der Waals surface area (Å²) in [6.45, 7) is 6.01. The van der Waals surface area contributed by atoms with E-state index >= 15 is 0 Å². The van der Waals surface area contributed by atoms with E-state index in [2.05, 4.69) is 53.2 Å². The Balaban J connectivity index is 1.58. The first-order chi connectivity index (χ1) is 15.7. The summed E-state index contributed by atoms with van der Waals surface area (Å²) < 4.78 is 5.39. The number of pyridine rings is 1. The summed E-state index contributed by atoms with van der Waals surface area (Å²) in [7, 11) is 1.69. The molecule has 1 aromatic heterocycles. The van der Waals surface area contributed by atoms with Gasteiger partial charge in [-0.2, -0.15) is 0 Å². The fraction of sp³-hybridized carbons (Fsp3) is 0.333. The maximum absolute atomic E-state index is 13.4. The summed E-state index contributed by atoms with van der Waals surface area (Å²) in [6, 6.07) is 20.7. The smallest absolute Gasteiger partial charge is 0.227 e. The van der Waals surface area contributed by atoms with Gasteiger partial charge in [0.25, 0.3) is 0 Å². The van der Waals surface area contributed by atoms with E-state index in [1.165, 1.54) is 16.7 Å². The van der Waals surface area contributed by atoms with Gasteiger partial charge < -0.3 is 9.64 Å². The highest BCUT2D eigenvalue weighted by atomic mass is 16.5. The molecule has 1 saturated heterocycles. The van der Waals surface area contributed by atoms with Gasteiger partial charge >= 0.3 is 0 Å². The molecule has 0 bridgehead atoms. The molecule has 0 saturated carbocycles. The molecule has 3 aromatic rings. The Morgan fingerprint density at radius 1 is 1.03 bits per heavy atom. The van der Waals surface area contributed by atoms with Crippen molar-refractivity contribution in [1.82, 2.24) is 14.8 Å². The van der Waals surface area contributed by atoms with Gasteiger partial charge in [0.2, 0.25) is 5.91 Å². The molecule has 2 aromatic carbocycles. The number of benzene rings is 2. The number of amides is 1. The lowest BCUT2D eigenvalue weighted by Crippen LogP contribution is -2.37. The van der Waals surface area contributed by atoms with Gasteiger partial charge in [-0.15, -0.1) is 0 Å². The molecule has 0 aliphatic carbocycles. The van der Waals surface area contributed by atoms with Crippen LogP contribution in [0.1, 0.15) is 18.1 Å². The van der Waals surface area contributed by atoms with Crippen LogP contribution in [0.25, 0.3) is 11.1 Å². The molecule has 5 heteroatoms. The Labute approximate surface area is 190 Å². The minimum Gasteiger partial charge on any atom is -0.497 e. The van der Waals surface area contributed by atoms with Crippen molar-refractivity contribution in [1.29, 1.82) is 0 Å². The molecule has 0 unspecified atom stereocenters. The van der Waals surface area contributed by atoms with E-state index in [4.69, 9.17) is 4.74 Å². The van der Waals surface area contributed by atoms with Crippen LogP contribution in [0.4, 0.5) is 0 Å². The number of hydrogen-bond donors (Lipinski definition) is 0. The standard InChI is InChI=1S/C27H31N3O2/c1-3-30-16-15-29(19-21-7-6-9-25(17-21)32-2)20-24(27(30)31)18-23-8-4-5-10-26(23)22-11-13-28-14-12-22/h4-14,17,24H,3,15-16,18-20H2,1-2H3/t24-/m1/s1. The van der Waals surface area contributed by atoms with Gasteiger partial charge in [-0.25, -0.2) is 0 Å². The van der Waals surface area contributed by atoms with E-state index in [1.807, 2.05) is 41.6 Å². The molecular formula is C27H31N3O2. The van der Waals surface area contributed by atoms with E-state index in [9.17, 15) is 4.79 Å². The molecule has 0 N–H and O–H groups in total. The maximum atomic E-state index is 13.4. The van der Waals surface area contributed by atoms with Crippen LogP contribution in [-0.2, 0) is 17.8 Å². The Morgan fingerprint density at radius 2 is 1.84 bits per heavy atom. The lowest BCUT2D eigenvalue weighted by atomic mass is 9.91. The molecule has 0 radical (unpaired) electrons. The number of methoxy groups -OCH3 is 1. The molecule has 1 atom stereocenters. The van der Waals surface area contributed by atoms with Crippen molar-refractivity contribution in [2.24, 2.45) is 5.92 Å². The van der Waals surface area contributed by atoms with Gasteiger partial charge in [-0.1, -0.05) is 36.4 Å². The number of carbonyl (C=O) groups is 1. The third kappa shape index (κ3) is 5.17. The second kappa shape index (κ2) is 10.4. The Bertz CT molecular complexity index is 1040. The van der Waals surface area contributed by atoms with Gasteiger partial charge in [0, 0.05) is 45.1 Å². The number of ether oxygens (including phenoxy) is 1. The third-order valence-corrected chi connectivity index (χ3v) is 6.22. The number of aromatic nitrogens is 1. The van der Waals surface area contributed by atoms with Crippen LogP contribution >= 0.6 is 0 Å². The van der Waals surface area contributed by atoms with Gasteiger partial charge in [0.05, 0.1) is 13.0 Å². The number of rotatable bonds is 7. The molecule has 32 heavy (non-hydrogen) atoms. The summed E-state index contributed by atoms with van der Waals surface area (Å²) in [5.74, 6) is 1.04. The van der Waals surface area contributed by atoms with Crippen LogP contribution in [0.2, 0.25) is 0 Å². The fourth-order valence-corrected chi connectivity index (χ4v) is 4.53. The van der Waals surface area contributed by atoms with Crippen molar-refractivity contribution < 1.29 is 9.53 Å². The Hall–Kier alpha value is -3.18. The molecule has 2 heterocycles. The second-order valence-corrected chi connectivity index (χ2v) is 8.30. The zero-order chi connectivity index (χ0) is 22.3. The Morgan fingerprint density at radius 3 is 2.62 bits per heavy atom. The highest BCUT2D eigenvalue weighted by molar-refractivity contribution is 5.80. The highest BCUT2D eigenvalue weighted by Crippen LogP contribution is 2.27. The minimum absolute atomic E-state index is 0.0777. The summed E-state index contributed by atoms with van der Waals surface area (Å²) in [4.78, 5) is 22.0. The SMILES string of the molecule is CCN1CCN(Cc2cccc(OC)c2)C[C@@H](Cc2ccccc2-c2ccncc2)C1=O. The average molecular weight is 430 g/mol. The minimum atomic E-state index is -0.0777. The van der Waals surface area contributed by atoms with Gasteiger partial charge in [-0.05, 0) is 59.9 Å². The monoisotopic (exact) mass is 429 g/mol. The van der Waals surface area contributed by atoms with Crippen LogP contribution in [0, 0.1) is 5.92 Å². The van der Waals surface area contributed by atoms with Crippen molar-refractivity contribution in [2.75, 3.05) is 33.3 Å². The molecule has 166 valence electrons. The summed E-state index contributed by atoms with van der Waals surface area (Å²) in [6.07, 6.45) is 4.36. The van der Waals surface area contributed by atoms with E-state index in [1.54, 1.807) is 7.11 Å². The summed E-state index contributed by atoms with van der Waals surface area (Å²) in [5, 5.41) is 0. The molecule has 0 spiro atoms. The van der Waals surface area contributed by atoms with E-state index < -0.39 is 0 Å². The van der Waals surface area contributed by atoms with Gasteiger partial charge in [0.1, 0.15) is 5.75 Å². The maximum Gasteiger partial charge on any atom is 0.227 e. The largest absolute Gasteiger partial charge is 0.497 e. The Kier molecular flexibility index (Phi) is 7.17. The fourth-order valence-electron chi connectivity index (χ4n) is 4.53. The van der Waals surface area contributed by atoms with Gasteiger partial charge in [-0.3, -0.25) is 14.7 Å². The predicted octanol–water partition coefficient (Wildman–Crippen LogP) is 4.28. The summed E-state index contributed by atoms with van der Waals surface area (Å²) >= 11 is 0. The van der Waals surface area contributed by atoms with E-state index in [-0.39, 0.29) is 11.8 Å². The molecule has 1 aliphatic rings. The molecule has 5 nitrogen and oxygen atoms in total. The topological polar surface area (TPSA) is 45.7 Å². The molecule has 1 fully saturated rings. The lowest BCUT2D eigenvalue weighted by molar-refractivity contribution is -0.134. The number of hydrogen-bond acceptors (Lipinski definition) is 4. The number of likely N-dealkylation sites (N-methyl/N-ethyl adjacent to an activating group) is 1. The van der Waals surface area contributed by atoms with Crippen molar-refractivity contribution in [2.45, 2.75) is 19.9 Å². The summed E-state index contributed by atoms with van der Waals surface area (Å²) in [5.41, 5.74) is 4.72. The quantitative estimate of drug-likeness (QED) is 0.562. The molecule has 4 rings (SSSR count). The highest BCUT2D eigenvalue weighted by Gasteiger charge is 2.30. The predicted molar refractivity (Wildman–Crippen MR) is 127 cm³/mol. The normalized spacial score (nSPS) is 17.2. The van der Waals surface area contributed by atoms with Crippen molar-refractivity contribution in [3.05, 3.63) is 84.2 Å². The van der Waals surface area contributed by atoms with Crippen LogP contribution < -0.4 is 4.74 Å². The molecule has 1 aliphatic heterocycles. The van der Waals surface area contributed by atoms with Crippen LogP contribution in [-0.4, -0.2) is 54.0 Å². The molecule has 1 amide bonds. The van der Waals surface area contributed by atoms with Crippen LogP contribution in [0.15, 0.2) is 73.1 Å². The molecular weight excluding hydrogens is 398 g/mol. The van der Waals surface area contributed by atoms with Gasteiger partial charge in [0.15, 0.2) is 0 Å². The van der Waals surface area contributed by atoms with E-state index in [0.717, 1.165) is 50.5 Å². The lowest BCUT2D eigenvalue weighted by Gasteiger charge is -2.24. The van der Waals surface area contributed by atoms with Crippen LogP contribution in [0.3, 0.4) is 0 Å². The first-order valence-electron chi connectivity index (χ1n) is 11.3. The van der Waals surface area contributed by atoms with Crippen LogP contribution in [0.5, 0.6) is 5.75 Å². The zero-order valence-electron chi connectivity index (χ0n) is 18.9. The van der Waals surface area contributed by atoms with Crippen molar-refractivity contribution in [3.63, 3.8) is 0 Å². The van der Waals surface area contributed by atoms with Crippen molar-refractivity contribution >= 4 is 5.91 Å². The second-order valence-electron chi connectivity index (χ2n) is 8.30. The first kappa shape index (κ1) is 22.0. The van der Waals surface area contributed by atoms with E-state index in [0.29, 0.717) is 0 Å². The average Bonchev–Trinajstić information content (AvgIpc) is 2.98. The first-order valence-corrected chi connectivity index (χ1v) is 11.3. The number of nitrogens with zero attached hydrogens (tertiary/aromatic N) is 3. The number of carbonyl (C=O) groups excluding carboxylic acids is 1. The zero-order valence-corrected chi connectivity index (χ0v) is 18.9. The third-order valence-electron chi connectivity index (χ3n) is 6.22.